The van der Waals surface area contributed by atoms with E-state index in [-0.39, 0.29) is 42.5 Å². The van der Waals surface area contributed by atoms with Crippen LogP contribution in [0, 0.1) is 13.8 Å². The minimum absolute atomic E-state index is 0.0357. The average Bonchev–Trinajstić information content (AvgIpc) is 3.19. The topological polar surface area (TPSA) is 205 Å². The number of aromatic nitrogens is 1. The summed E-state index contributed by atoms with van der Waals surface area (Å²) in [6.07, 6.45) is 4.96. The van der Waals surface area contributed by atoms with Crippen molar-refractivity contribution in [2.45, 2.75) is 75.8 Å². The Hall–Kier alpha value is -4.77. The summed E-state index contributed by atoms with van der Waals surface area (Å²) in [6.45, 7) is 6.98. The van der Waals surface area contributed by atoms with E-state index in [0.29, 0.717) is 42.3 Å². The molecule has 1 aliphatic heterocycles. The van der Waals surface area contributed by atoms with E-state index >= 15 is 0 Å². The number of pyridine rings is 1. The number of aliphatic hydroxyl groups excluding tert-OH is 1. The Labute approximate surface area is 343 Å². The Kier molecular flexibility index (Phi) is 14.4. The van der Waals surface area contributed by atoms with Crippen molar-refractivity contribution in [3.05, 3.63) is 99.8 Å². The van der Waals surface area contributed by atoms with E-state index in [4.69, 9.17) is 25.8 Å². The van der Waals surface area contributed by atoms with E-state index < -0.39 is 39.5 Å². The number of hydrogen-bond acceptors (Lipinski definition) is 12. The first-order valence-electron chi connectivity index (χ1n) is 18.7. The van der Waals surface area contributed by atoms with Crippen LogP contribution in [0.25, 0.3) is 11.1 Å². The summed E-state index contributed by atoms with van der Waals surface area (Å²) in [7, 11) is -3.51. The van der Waals surface area contributed by atoms with Crippen LogP contribution in [-0.2, 0) is 39.2 Å². The standard InChI is InChI=1S/C42H50ClN3O11S/c1-27-30(8-5-9-33(27)34-10-6-11-36(28(34)2)55-17-7-14-46-15-12-42(52,13-16-46)40(50)51)25-57-38-20-37(56-24-29-18-32(23-44-21-29)58(4,53)54)31(19-35(38)43)22-45-41(3,26-47)39(48)49/h5-6,8-11,18-21,23,45,47,52H,7,12-17,22,24-26H2,1-4H3,(H,48,49)(H,50,51)/t41-/m1/s1. The lowest BCUT2D eigenvalue weighted by atomic mass is 9.91. The molecule has 1 fully saturated rings. The lowest BCUT2D eigenvalue weighted by Crippen LogP contribution is -2.52. The first kappa shape index (κ1) is 44.3. The summed E-state index contributed by atoms with van der Waals surface area (Å²) in [5.74, 6) is -1.07. The summed E-state index contributed by atoms with van der Waals surface area (Å²) >= 11 is 6.73. The molecule has 1 atom stereocenters. The molecule has 3 aromatic carbocycles. The third kappa shape index (κ3) is 10.8. The van der Waals surface area contributed by atoms with Crippen molar-refractivity contribution < 1.29 is 52.6 Å². The van der Waals surface area contributed by atoms with Crippen molar-refractivity contribution in [1.29, 1.82) is 0 Å². The molecule has 0 saturated carbocycles. The lowest BCUT2D eigenvalue weighted by Gasteiger charge is -2.35. The number of piperidine rings is 1. The maximum Gasteiger partial charge on any atom is 0.335 e. The average molecular weight is 840 g/mol. The number of hydrogen-bond donors (Lipinski definition) is 5. The fourth-order valence-electron chi connectivity index (χ4n) is 6.54. The van der Waals surface area contributed by atoms with Gasteiger partial charge in [0.1, 0.15) is 36.0 Å². The summed E-state index contributed by atoms with van der Waals surface area (Å²) in [6, 6.07) is 16.5. The van der Waals surface area contributed by atoms with Crippen LogP contribution in [0.15, 0.2) is 71.9 Å². The van der Waals surface area contributed by atoms with Gasteiger partial charge in [0, 0.05) is 62.0 Å². The Morgan fingerprint density at radius 3 is 2.24 bits per heavy atom. The lowest BCUT2D eigenvalue weighted by molar-refractivity contribution is -0.163. The van der Waals surface area contributed by atoms with E-state index in [1.54, 1.807) is 12.1 Å². The zero-order valence-corrected chi connectivity index (χ0v) is 34.5. The van der Waals surface area contributed by atoms with Crippen LogP contribution in [-0.4, -0.2) is 101 Å². The first-order valence-corrected chi connectivity index (χ1v) is 21.0. The van der Waals surface area contributed by atoms with E-state index in [9.17, 15) is 38.4 Å². The monoisotopic (exact) mass is 839 g/mol. The van der Waals surface area contributed by atoms with Crippen molar-refractivity contribution in [2.24, 2.45) is 0 Å². The molecule has 312 valence electrons. The Morgan fingerprint density at radius 1 is 0.914 bits per heavy atom. The fraction of sp³-hybridized carbons (Fsp3) is 0.405. The van der Waals surface area contributed by atoms with Crippen molar-refractivity contribution in [2.75, 3.05) is 39.1 Å². The summed E-state index contributed by atoms with van der Waals surface area (Å²) in [4.78, 5) is 29.4. The largest absolute Gasteiger partial charge is 0.493 e. The third-order valence-corrected chi connectivity index (χ3v) is 11.9. The minimum atomic E-state index is -3.51. The van der Waals surface area contributed by atoms with Crippen LogP contribution in [0.4, 0.5) is 0 Å². The number of likely N-dealkylation sites (tertiary alicyclic amines) is 1. The Morgan fingerprint density at radius 2 is 1.59 bits per heavy atom. The van der Waals surface area contributed by atoms with Gasteiger partial charge in [-0.1, -0.05) is 41.9 Å². The van der Waals surface area contributed by atoms with Gasteiger partial charge in [0.15, 0.2) is 15.4 Å². The van der Waals surface area contributed by atoms with E-state index in [1.165, 1.54) is 25.4 Å². The van der Waals surface area contributed by atoms with Crippen molar-refractivity contribution in [3.8, 4) is 28.4 Å². The van der Waals surface area contributed by atoms with Gasteiger partial charge in [-0.25, -0.2) is 13.2 Å². The fourth-order valence-corrected chi connectivity index (χ4v) is 7.39. The quantitative estimate of drug-likeness (QED) is 0.0772. The second kappa shape index (κ2) is 18.9. The number of carboxylic acid groups (broad SMARTS) is 2. The van der Waals surface area contributed by atoms with Crippen LogP contribution in [0.2, 0.25) is 5.02 Å². The number of ether oxygens (including phenoxy) is 3. The van der Waals surface area contributed by atoms with Crippen LogP contribution in [0.5, 0.6) is 17.2 Å². The molecule has 0 amide bonds. The van der Waals surface area contributed by atoms with E-state index in [0.717, 1.165) is 52.8 Å². The number of nitrogens with one attached hydrogen (secondary N) is 1. The molecule has 0 aliphatic carbocycles. The SMILES string of the molecule is Cc1c(COc2cc(OCc3cncc(S(C)(=O)=O)c3)c(CN[C@](C)(CO)C(=O)O)cc2Cl)cccc1-c1cccc(OCCCN2CCC(O)(C(=O)O)CC2)c1C. The molecule has 5 N–H and O–H groups in total. The minimum Gasteiger partial charge on any atom is -0.493 e. The molecule has 1 saturated heterocycles. The van der Waals surface area contributed by atoms with E-state index in [2.05, 4.69) is 15.2 Å². The van der Waals surface area contributed by atoms with Crippen molar-refractivity contribution in [1.82, 2.24) is 15.2 Å². The van der Waals surface area contributed by atoms with Crippen LogP contribution >= 0.6 is 11.6 Å². The zero-order chi connectivity index (χ0) is 42.3. The summed E-state index contributed by atoms with van der Waals surface area (Å²) < 4.78 is 42.8. The number of benzene rings is 3. The van der Waals surface area contributed by atoms with Gasteiger partial charge in [-0.05, 0) is 86.1 Å². The highest BCUT2D eigenvalue weighted by Gasteiger charge is 2.39. The van der Waals surface area contributed by atoms with Gasteiger partial charge in [-0.15, -0.1) is 0 Å². The molecule has 14 nitrogen and oxygen atoms in total. The van der Waals surface area contributed by atoms with Crippen molar-refractivity contribution >= 4 is 33.4 Å². The summed E-state index contributed by atoms with van der Waals surface area (Å²) in [5, 5.41) is 42.0. The molecule has 4 aromatic rings. The van der Waals surface area contributed by atoms with Gasteiger partial charge in [0.25, 0.3) is 0 Å². The zero-order valence-electron chi connectivity index (χ0n) is 33.0. The summed E-state index contributed by atoms with van der Waals surface area (Å²) in [5.41, 5.74) is 2.51. The number of sulfone groups is 1. The Bertz CT molecular complexity index is 2230. The number of halogens is 1. The molecular weight excluding hydrogens is 790 g/mol. The smallest absolute Gasteiger partial charge is 0.335 e. The van der Waals surface area contributed by atoms with Crippen LogP contribution < -0.4 is 19.5 Å². The number of nitrogens with zero attached hydrogens (tertiary/aromatic N) is 2. The number of aliphatic hydroxyl groups is 2. The predicted octanol–water partition coefficient (Wildman–Crippen LogP) is 5.19. The highest BCUT2D eigenvalue weighted by molar-refractivity contribution is 7.90. The molecular formula is C42H50ClN3O11S. The number of rotatable bonds is 19. The molecule has 1 aromatic heterocycles. The van der Waals surface area contributed by atoms with Gasteiger partial charge in [-0.2, -0.15) is 0 Å². The van der Waals surface area contributed by atoms with Gasteiger partial charge >= 0.3 is 11.9 Å². The maximum absolute atomic E-state index is 12.1. The van der Waals surface area contributed by atoms with Gasteiger partial charge in [0.05, 0.1) is 23.1 Å². The number of aliphatic carboxylic acids is 2. The van der Waals surface area contributed by atoms with E-state index in [1.807, 2.05) is 50.2 Å². The van der Waals surface area contributed by atoms with Gasteiger partial charge < -0.3 is 39.5 Å². The molecule has 2 heterocycles. The number of carbonyl (C=O) groups is 2. The third-order valence-electron chi connectivity index (χ3n) is 10.5. The second-order valence-corrected chi connectivity index (χ2v) is 17.2. The van der Waals surface area contributed by atoms with Gasteiger partial charge in [-0.3, -0.25) is 15.1 Å². The maximum atomic E-state index is 12.1. The molecule has 0 unspecified atom stereocenters. The number of carboxylic acids is 2. The second-order valence-electron chi connectivity index (χ2n) is 14.8. The Balaban J connectivity index is 1.29. The first-order chi connectivity index (χ1) is 27.4. The molecule has 0 radical (unpaired) electrons. The highest BCUT2D eigenvalue weighted by Crippen LogP contribution is 2.37. The molecule has 58 heavy (non-hydrogen) atoms. The molecule has 0 spiro atoms. The van der Waals surface area contributed by atoms with Gasteiger partial charge in [0.2, 0.25) is 0 Å². The normalized spacial score (nSPS) is 15.4. The highest BCUT2D eigenvalue weighted by atomic mass is 35.5. The molecule has 0 bridgehead atoms. The van der Waals surface area contributed by atoms with Crippen molar-refractivity contribution in [3.63, 3.8) is 0 Å². The van der Waals surface area contributed by atoms with Crippen LogP contribution in [0.1, 0.15) is 54.0 Å². The molecule has 5 rings (SSSR count). The molecule has 1 aliphatic rings. The van der Waals surface area contributed by atoms with Crippen LogP contribution in [0.3, 0.4) is 0 Å². The molecule has 16 heteroatoms. The predicted molar refractivity (Wildman–Crippen MR) is 217 cm³/mol.